The van der Waals surface area contributed by atoms with Crippen molar-refractivity contribution >= 4 is 45.0 Å². The molecule has 2 amide bonds. The number of rotatable bonds is 5. The lowest BCUT2D eigenvalue weighted by Gasteiger charge is -2.35. The summed E-state index contributed by atoms with van der Waals surface area (Å²) in [5.74, 6) is -0.684. The first-order valence-corrected chi connectivity index (χ1v) is 10.6. The summed E-state index contributed by atoms with van der Waals surface area (Å²) >= 11 is 5.87. The molecule has 0 unspecified atom stereocenters. The Hall–Kier alpha value is -2.78. The first-order valence-electron chi connectivity index (χ1n) is 8.79. The van der Waals surface area contributed by atoms with Gasteiger partial charge in [-0.25, -0.2) is 18.0 Å². The number of benzene rings is 2. The smallest absolute Gasteiger partial charge is 0.343 e. The molecule has 0 atom stereocenters. The van der Waals surface area contributed by atoms with Gasteiger partial charge < -0.3 is 9.47 Å². The van der Waals surface area contributed by atoms with Gasteiger partial charge in [0.15, 0.2) is 5.75 Å². The summed E-state index contributed by atoms with van der Waals surface area (Å²) < 4.78 is 37.9. The van der Waals surface area contributed by atoms with Gasteiger partial charge in [-0.1, -0.05) is 11.6 Å². The van der Waals surface area contributed by atoms with Gasteiger partial charge >= 0.3 is 12.0 Å². The predicted octanol–water partition coefficient (Wildman–Crippen LogP) is 3.68. The molecule has 0 fully saturated rings. The van der Waals surface area contributed by atoms with E-state index in [0.717, 1.165) is 4.90 Å². The number of hydrogen-bond donors (Lipinski definition) is 0. The standard InChI is InChI=1S/C19H19ClN2O6S/c1-4-27-17-14(18(23)28-5-2)10-11-15-16(17)21(3)19(24)22(29(15,25)26)13-8-6-12(20)7-9-13/h6-11H,4-5H2,1-3H3. The summed E-state index contributed by atoms with van der Waals surface area (Å²) in [6.45, 7) is 3.64. The van der Waals surface area contributed by atoms with Crippen LogP contribution in [-0.2, 0) is 14.8 Å². The van der Waals surface area contributed by atoms with E-state index in [2.05, 4.69) is 0 Å². The van der Waals surface area contributed by atoms with Crippen molar-refractivity contribution in [3.63, 3.8) is 0 Å². The second kappa shape index (κ2) is 7.92. The number of carbonyl (C=O) groups excluding carboxylic acids is 2. The van der Waals surface area contributed by atoms with Crippen LogP contribution in [0.2, 0.25) is 5.02 Å². The minimum absolute atomic E-state index is 0.00684. The minimum atomic E-state index is -4.26. The highest BCUT2D eigenvalue weighted by atomic mass is 35.5. The molecule has 29 heavy (non-hydrogen) atoms. The quantitative estimate of drug-likeness (QED) is 0.661. The summed E-state index contributed by atoms with van der Waals surface area (Å²) in [4.78, 5) is 26.3. The topological polar surface area (TPSA) is 93.2 Å². The maximum atomic E-state index is 13.3. The number of halogens is 1. The number of esters is 1. The monoisotopic (exact) mass is 438 g/mol. The molecule has 154 valence electrons. The van der Waals surface area contributed by atoms with E-state index in [0.29, 0.717) is 9.33 Å². The largest absolute Gasteiger partial charge is 0.491 e. The molecular weight excluding hydrogens is 420 g/mol. The lowest BCUT2D eigenvalue weighted by atomic mass is 10.1. The minimum Gasteiger partial charge on any atom is -0.491 e. The zero-order chi connectivity index (χ0) is 21.3. The van der Waals surface area contributed by atoms with E-state index in [1.54, 1.807) is 13.8 Å². The van der Waals surface area contributed by atoms with Gasteiger partial charge in [-0.2, -0.15) is 4.31 Å². The van der Waals surface area contributed by atoms with Gasteiger partial charge in [0.2, 0.25) is 0 Å². The van der Waals surface area contributed by atoms with Crippen molar-refractivity contribution in [3.8, 4) is 5.75 Å². The number of fused-ring (bicyclic) bond motifs is 1. The van der Waals surface area contributed by atoms with Crippen molar-refractivity contribution in [3.05, 3.63) is 47.0 Å². The van der Waals surface area contributed by atoms with E-state index < -0.39 is 22.0 Å². The van der Waals surface area contributed by atoms with E-state index in [9.17, 15) is 18.0 Å². The molecular formula is C19H19ClN2O6S. The highest BCUT2D eigenvalue weighted by Gasteiger charge is 2.44. The number of nitrogens with zero attached hydrogens (tertiary/aromatic N) is 2. The van der Waals surface area contributed by atoms with Crippen LogP contribution >= 0.6 is 11.6 Å². The Balaban J connectivity index is 2.24. The molecule has 10 heteroatoms. The molecule has 1 heterocycles. The normalized spacial score (nSPS) is 15.1. The van der Waals surface area contributed by atoms with Gasteiger partial charge in [-0.15, -0.1) is 0 Å². The van der Waals surface area contributed by atoms with Crippen LogP contribution in [0.1, 0.15) is 24.2 Å². The van der Waals surface area contributed by atoms with Gasteiger partial charge in [0.1, 0.15) is 16.1 Å². The number of hydrogen-bond acceptors (Lipinski definition) is 6. The average Bonchev–Trinajstić information content (AvgIpc) is 2.68. The maximum Gasteiger partial charge on any atom is 0.343 e. The van der Waals surface area contributed by atoms with E-state index >= 15 is 0 Å². The third kappa shape index (κ3) is 3.51. The maximum absolute atomic E-state index is 13.3. The Morgan fingerprint density at radius 3 is 2.31 bits per heavy atom. The second-order valence-electron chi connectivity index (χ2n) is 6.03. The van der Waals surface area contributed by atoms with Crippen molar-refractivity contribution in [2.75, 3.05) is 29.5 Å². The Kier molecular flexibility index (Phi) is 5.72. The van der Waals surface area contributed by atoms with Crippen LogP contribution in [-0.4, -0.2) is 40.7 Å². The van der Waals surface area contributed by atoms with Crippen LogP contribution in [0, 0.1) is 0 Å². The number of carbonyl (C=O) groups is 2. The molecule has 1 aliphatic heterocycles. The fourth-order valence-electron chi connectivity index (χ4n) is 3.00. The summed E-state index contributed by atoms with van der Waals surface area (Å²) in [6, 6.07) is 7.63. The van der Waals surface area contributed by atoms with Crippen molar-refractivity contribution in [2.45, 2.75) is 18.7 Å². The Bertz CT molecular complexity index is 1070. The Labute approximate surface area is 173 Å². The second-order valence-corrected chi connectivity index (χ2v) is 8.22. The lowest BCUT2D eigenvalue weighted by molar-refractivity contribution is 0.0522. The average molecular weight is 439 g/mol. The molecule has 0 saturated carbocycles. The number of amides is 2. The Morgan fingerprint density at radius 1 is 1.07 bits per heavy atom. The van der Waals surface area contributed by atoms with Crippen molar-refractivity contribution < 1.29 is 27.5 Å². The summed E-state index contributed by atoms with van der Waals surface area (Å²) in [5, 5.41) is 0.405. The zero-order valence-corrected chi connectivity index (χ0v) is 17.6. The molecule has 8 nitrogen and oxygen atoms in total. The summed E-state index contributed by atoms with van der Waals surface area (Å²) in [6.07, 6.45) is 0. The van der Waals surface area contributed by atoms with Gasteiger partial charge in [-0.05, 0) is 50.2 Å². The SMILES string of the molecule is CCOC(=O)c1ccc2c(c1OCC)N(C)C(=O)N(c1ccc(Cl)cc1)S2(=O)=O. The van der Waals surface area contributed by atoms with Crippen LogP contribution in [0.3, 0.4) is 0 Å². The van der Waals surface area contributed by atoms with Gasteiger partial charge in [-0.3, -0.25) is 4.90 Å². The Morgan fingerprint density at radius 2 is 1.72 bits per heavy atom. The molecule has 0 radical (unpaired) electrons. The summed E-state index contributed by atoms with van der Waals surface area (Å²) in [7, 11) is -2.85. The first kappa shape index (κ1) is 20.9. The van der Waals surface area contributed by atoms with Gasteiger partial charge in [0.25, 0.3) is 10.0 Å². The molecule has 0 aliphatic carbocycles. The van der Waals surface area contributed by atoms with Crippen molar-refractivity contribution in [2.24, 2.45) is 0 Å². The molecule has 3 rings (SSSR count). The lowest BCUT2D eigenvalue weighted by Crippen LogP contribution is -2.49. The highest BCUT2D eigenvalue weighted by molar-refractivity contribution is 7.94. The van der Waals surface area contributed by atoms with Crippen molar-refractivity contribution in [1.82, 2.24) is 0 Å². The molecule has 0 bridgehead atoms. The third-order valence-electron chi connectivity index (χ3n) is 4.25. The van der Waals surface area contributed by atoms with E-state index in [1.165, 1.54) is 43.4 Å². The highest BCUT2D eigenvalue weighted by Crippen LogP contribution is 2.44. The molecule has 0 N–H and O–H groups in total. The first-order chi connectivity index (χ1) is 13.7. The zero-order valence-electron chi connectivity index (χ0n) is 16.0. The molecule has 0 aromatic heterocycles. The van der Waals surface area contributed by atoms with E-state index in [4.69, 9.17) is 21.1 Å². The number of anilines is 2. The summed E-state index contributed by atoms with van der Waals surface area (Å²) in [5.41, 5.74) is 0.180. The van der Waals surface area contributed by atoms with Gasteiger partial charge in [0.05, 0.1) is 18.9 Å². The van der Waals surface area contributed by atoms with Crippen LogP contribution in [0.5, 0.6) is 5.75 Å². The van der Waals surface area contributed by atoms with Crippen LogP contribution in [0.4, 0.5) is 16.2 Å². The molecule has 2 aromatic rings. The predicted molar refractivity (Wildman–Crippen MR) is 108 cm³/mol. The number of urea groups is 1. The van der Waals surface area contributed by atoms with E-state index in [1.807, 2.05) is 0 Å². The third-order valence-corrected chi connectivity index (χ3v) is 6.24. The molecule has 0 saturated heterocycles. The molecule has 0 spiro atoms. The number of sulfonamides is 1. The van der Waals surface area contributed by atoms with Crippen molar-refractivity contribution in [1.29, 1.82) is 0 Å². The number of ether oxygens (including phenoxy) is 2. The van der Waals surface area contributed by atoms with Crippen LogP contribution < -0.4 is 13.9 Å². The van der Waals surface area contributed by atoms with E-state index in [-0.39, 0.29) is 40.8 Å². The fraction of sp³-hybridized carbons (Fsp3) is 0.263. The van der Waals surface area contributed by atoms with Gasteiger partial charge in [0, 0.05) is 12.1 Å². The molecule has 1 aliphatic rings. The molecule has 2 aromatic carbocycles. The fourth-order valence-corrected chi connectivity index (χ4v) is 4.76. The van der Waals surface area contributed by atoms with Crippen LogP contribution in [0.25, 0.3) is 0 Å². The van der Waals surface area contributed by atoms with Crippen LogP contribution in [0.15, 0.2) is 41.3 Å².